The summed E-state index contributed by atoms with van der Waals surface area (Å²) < 4.78 is 10.9. The van der Waals surface area contributed by atoms with Crippen LogP contribution in [0.25, 0.3) is 0 Å². The maximum absolute atomic E-state index is 12.5. The van der Waals surface area contributed by atoms with Gasteiger partial charge >= 0.3 is 12.7 Å². The van der Waals surface area contributed by atoms with E-state index in [9.17, 15) is 24.7 Å². The summed E-state index contributed by atoms with van der Waals surface area (Å²) in [5.41, 5.74) is 7.18. The number of carbonyl (C=O) groups excluding carboxylic acids is 1. The van der Waals surface area contributed by atoms with Gasteiger partial charge in [-0.3, -0.25) is 4.79 Å². The van der Waals surface area contributed by atoms with Crippen LogP contribution in [0.3, 0.4) is 0 Å². The number of carboxylic acid groups (broad SMARTS) is 1. The maximum Gasteiger partial charge on any atom is 0.430 e. The Morgan fingerprint density at radius 2 is 2.10 bits per heavy atom. The standard InChI is InChI=1S/C19H23BN3O7/c21-14(8-12-2-1-7-22-12)18(24)23-9-13(10-23)29-15-4-3-11-5-6-20(27,28)30-17(11)16(15)19(25)26/h1-4,7,13-14,22,27-28H,5-6,8-10,21H2,(H,25,26)/q-1/t14-/m1/s1. The second-order valence-corrected chi connectivity index (χ2v) is 7.74. The van der Waals surface area contributed by atoms with Gasteiger partial charge in [0.25, 0.3) is 0 Å². The summed E-state index contributed by atoms with van der Waals surface area (Å²) in [6, 6.07) is 6.19. The predicted molar refractivity (Wildman–Crippen MR) is 106 cm³/mol. The smallest absolute Gasteiger partial charge is 0.430 e. The van der Waals surface area contributed by atoms with E-state index in [0.717, 1.165) is 5.69 Å². The summed E-state index contributed by atoms with van der Waals surface area (Å²) in [4.78, 5) is 28.8. The molecule has 10 nitrogen and oxygen atoms in total. The van der Waals surface area contributed by atoms with Crippen LogP contribution in [0.1, 0.15) is 21.6 Å². The van der Waals surface area contributed by atoms with Crippen molar-refractivity contribution in [1.82, 2.24) is 9.88 Å². The molecule has 0 radical (unpaired) electrons. The number of carbonyl (C=O) groups is 2. The Morgan fingerprint density at radius 1 is 1.33 bits per heavy atom. The van der Waals surface area contributed by atoms with Crippen molar-refractivity contribution in [2.45, 2.75) is 31.3 Å². The summed E-state index contributed by atoms with van der Waals surface area (Å²) >= 11 is 0. The minimum atomic E-state index is -3.10. The van der Waals surface area contributed by atoms with Crippen molar-refractivity contribution in [2.24, 2.45) is 5.73 Å². The highest BCUT2D eigenvalue weighted by atomic mass is 16.6. The summed E-state index contributed by atoms with van der Waals surface area (Å²) in [6.45, 7) is -2.54. The van der Waals surface area contributed by atoms with Gasteiger partial charge in [0, 0.05) is 18.3 Å². The highest BCUT2D eigenvalue weighted by molar-refractivity contribution is 6.59. The Labute approximate surface area is 172 Å². The predicted octanol–water partition coefficient (Wildman–Crippen LogP) is -0.269. The quantitative estimate of drug-likeness (QED) is 0.403. The number of rotatable bonds is 6. The average molecular weight is 416 g/mol. The van der Waals surface area contributed by atoms with Crippen LogP contribution in [0.4, 0.5) is 0 Å². The summed E-state index contributed by atoms with van der Waals surface area (Å²) in [5.74, 6) is -1.53. The number of aromatic carboxylic acids is 1. The van der Waals surface area contributed by atoms with Crippen LogP contribution in [0.15, 0.2) is 30.5 Å². The molecular formula is C19H23BN3O7-. The Bertz CT molecular complexity index is 957. The van der Waals surface area contributed by atoms with Crippen LogP contribution in [0.5, 0.6) is 11.5 Å². The highest BCUT2D eigenvalue weighted by Gasteiger charge is 2.37. The fourth-order valence-electron chi connectivity index (χ4n) is 3.76. The molecule has 2 aromatic rings. The van der Waals surface area contributed by atoms with E-state index in [4.69, 9.17) is 15.1 Å². The zero-order valence-corrected chi connectivity index (χ0v) is 16.2. The number of fused-ring (bicyclic) bond motifs is 1. The second-order valence-electron chi connectivity index (χ2n) is 7.74. The summed E-state index contributed by atoms with van der Waals surface area (Å²) in [5, 5.41) is 29.2. The van der Waals surface area contributed by atoms with Crippen LogP contribution < -0.4 is 15.1 Å². The van der Waals surface area contributed by atoms with E-state index < -0.39 is 24.9 Å². The molecule has 4 rings (SSSR count). The van der Waals surface area contributed by atoms with Crippen LogP contribution >= 0.6 is 0 Å². The topological polar surface area (TPSA) is 158 Å². The molecule has 3 heterocycles. The number of H-pyrrole nitrogens is 1. The number of hydrogen-bond acceptors (Lipinski definition) is 7. The molecule has 30 heavy (non-hydrogen) atoms. The minimum absolute atomic E-state index is 0.00526. The van der Waals surface area contributed by atoms with Gasteiger partial charge < -0.3 is 40.2 Å². The number of benzene rings is 1. The number of likely N-dealkylation sites (tertiary alicyclic amines) is 1. The number of carboxylic acids is 1. The zero-order valence-electron chi connectivity index (χ0n) is 16.2. The lowest BCUT2D eigenvalue weighted by molar-refractivity contribution is -0.141. The molecular weight excluding hydrogens is 393 g/mol. The molecule has 2 aliphatic heterocycles. The molecule has 1 aromatic carbocycles. The van der Waals surface area contributed by atoms with Crippen molar-refractivity contribution < 1.29 is 34.1 Å². The fraction of sp³-hybridized carbons (Fsp3) is 0.368. The lowest BCUT2D eigenvalue weighted by Crippen LogP contribution is -2.60. The molecule has 0 saturated carbocycles. The van der Waals surface area contributed by atoms with Crippen LogP contribution in [-0.2, 0) is 17.6 Å². The number of nitrogens with zero attached hydrogens (tertiary/aromatic N) is 1. The number of hydrogen-bond donors (Lipinski definition) is 5. The lowest BCUT2D eigenvalue weighted by Gasteiger charge is -2.41. The number of aromatic amines is 1. The first-order valence-electron chi connectivity index (χ1n) is 9.75. The fourth-order valence-corrected chi connectivity index (χ4v) is 3.76. The molecule has 1 aromatic heterocycles. The van der Waals surface area contributed by atoms with Gasteiger partial charge in [0.1, 0.15) is 17.4 Å². The Morgan fingerprint density at radius 3 is 2.77 bits per heavy atom. The summed E-state index contributed by atoms with van der Waals surface area (Å²) in [7, 11) is 0. The first kappa shape index (κ1) is 20.3. The molecule has 0 spiro atoms. The third-order valence-corrected chi connectivity index (χ3v) is 5.38. The number of nitrogens with one attached hydrogen (secondary N) is 1. The van der Waals surface area contributed by atoms with E-state index in [2.05, 4.69) is 4.98 Å². The SMILES string of the molecule is N[C@H](Cc1ccc[nH]1)C(=O)N1CC(Oc2ccc3c(c2C(=O)O)O[B-](O)(O)CC3)C1. The van der Waals surface area contributed by atoms with Crippen LogP contribution in [-0.4, -0.2) is 68.9 Å². The Kier molecular flexibility index (Phi) is 5.18. The van der Waals surface area contributed by atoms with E-state index in [1.807, 2.05) is 12.1 Å². The average Bonchev–Trinajstić information content (AvgIpc) is 3.15. The molecule has 6 N–H and O–H groups in total. The summed E-state index contributed by atoms with van der Waals surface area (Å²) in [6.07, 6.45) is 2.04. The molecule has 0 unspecified atom stereocenters. The molecule has 160 valence electrons. The van der Waals surface area contributed by atoms with Crippen molar-refractivity contribution >= 4 is 18.6 Å². The van der Waals surface area contributed by atoms with E-state index in [-0.39, 0.29) is 48.8 Å². The van der Waals surface area contributed by atoms with Crippen molar-refractivity contribution in [3.05, 3.63) is 47.3 Å². The normalized spacial score (nSPS) is 18.7. The van der Waals surface area contributed by atoms with Gasteiger partial charge in [-0.1, -0.05) is 12.4 Å². The van der Waals surface area contributed by atoms with Gasteiger partial charge in [-0.15, -0.1) is 0 Å². The van der Waals surface area contributed by atoms with E-state index in [1.54, 1.807) is 17.2 Å². The first-order valence-corrected chi connectivity index (χ1v) is 9.75. The molecule has 1 amide bonds. The van der Waals surface area contributed by atoms with Crippen molar-refractivity contribution in [2.75, 3.05) is 13.1 Å². The lowest BCUT2D eigenvalue weighted by atomic mass is 9.70. The third kappa shape index (κ3) is 3.99. The van der Waals surface area contributed by atoms with Gasteiger partial charge in [0.05, 0.1) is 24.9 Å². The Hall–Kier alpha value is -3.02. The molecule has 2 aliphatic rings. The molecule has 1 fully saturated rings. The van der Waals surface area contributed by atoms with Crippen molar-refractivity contribution in [1.29, 1.82) is 0 Å². The molecule has 0 bridgehead atoms. The molecule has 1 saturated heterocycles. The van der Waals surface area contributed by atoms with E-state index in [0.29, 0.717) is 12.0 Å². The monoisotopic (exact) mass is 416 g/mol. The van der Waals surface area contributed by atoms with Gasteiger partial charge in [-0.25, -0.2) is 4.79 Å². The number of aromatic nitrogens is 1. The van der Waals surface area contributed by atoms with E-state index in [1.165, 1.54) is 6.07 Å². The third-order valence-electron chi connectivity index (χ3n) is 5.38. The van der Waals surface area contributed by atoms with Crippen molar-refractivity contribution in [3.63, 3.8) is 0 Å². The van der Waals surface area contributed by atoms with Crippen LogP contribution in [0.2, 0.25) is 6.32 Å². The second kappa shape index (κ2) is 7.67. The molecule has 1 atom stereocenters. The molecule has 0 aliphatic carbocycles. The largest absolute Gasteiger partial charge is 0.669 e. The van der Waals surface area contributed by atoms with Gasteiger partial charge in [-0.2, -0.15) is 0 Å². The van der Waals surface area contributed by atoms with Crippen molar-refractivity contribution in [3.8, 4) is 11.5 Å². The highest BCUT2D eigenvalue weighted by Crippen LogP contribution is 2.38. The van der Waals surface area contributed by atoms with Gasteiger partial charge in [0.2, 0.25) is 5.91 Å². The maximum atomic E-state index is 12.5. The van der Waals surface area contributed by atoms with Gasteiger partial charge in [0.15, 0.2) is 0 Å². The zero-order chi connectivity index (χ0) is 21.5. The first-order chi connectivity index (χ1) is 14.2. The van der Waals surface area contributed by atoms with E-state index >= 15 is 0 Å². The number of aryl methyl sites for hydroxylation is 1. The van der Waals surface area contributed by atoms with Gasteiger partial charge in [-0.05, 0) is 30.2 Å². The molecule has 11 heteroatoms. The number of nitrogens with two attached hydrogens (primary N) is 1. The Balaban J connectivity index is 1.41. The number of ether oxygens (including phenoxy) is 1. The van der Waals surface area contributed by atoms with Crippen LogP contribution in [0, 0.1) is 0 Å². The number of amides is 1. The minimum Gasteiger partial charge on any atom is -0.669 e.